The van der Waals surface area contributed by atoms with E-state index in [2.05, 4.69) is 47.8 Å². The normalized spacial score (nSPS) is 18.5. The molecule has 0 aliphatic heterocycles. The van der Waals surface area contributed by atoms with E-state index in [0.717, 1.165) is 5.56 Å². The highest BCUT2D eigenvalue weighted by Crippen LogP contribution is 2.45. The van der Waals surface area contributed by atoms with Gasteiger partial charge in [0.25, 0.3) is 0 Å². The number of alkyl halides is 1. The molecule has 0 aromatic heterocycles. The summed E-state index contributed by atoms with van der Waals surface area (Å²) in [5, 5.41) is 15.1. The zero-order valence-corrected chi connectivity index (χ0v) is 31.0. The van der Waals surface area contributed by atoms with Crippen LogP contribution in [-0.2, 0) is 44.8 Å². The van der Waals surface area contributed by atoms with Crippen molar-refractivity contribution in [1.82, 2.24) is 31.9 Å². The zero-order chi connectivity index (χ0) is 38.1. The predicted molar refractivity (Wildman–Crippen MR) is 194 cm³/mol. The number of carbonyl (C=O) groups excluding carboxylic acids is 8. The van der Waals surface area contributed by atoms with Crippen LogP contribution < -0.4 is 49.1 Å². The molecule has 2 unspecified atom stereocenters. The minimum atomic E-state index is -1.43. The van der Waals surface area contributed by atoms with E-state index in [-0.39, 0.29) is 30.5 Å². The number of amides is 8. The molecule has 0 spiro atoms. The van der Waals surface area contributed by atoms with Crippen molar-refractivity contribution in [3.63, 3.8) is 0 Å². The first-order chi connectivity index (χ1) is 24.2. The van der Waals surface area contributed by atoms with Crippen molar-refractivity contribution in [1.29, 1.82) is 0 Å². The second kappa shape index (κ2) is 21.2. The Balaban J connectivity index is 2.08. The third kappa shape index (κ3) is 14.1. The number of carbonyl (C=O) groups is 8. The molecule has 0 saturated heterocycles. The van der Waals surface area contributed by atoms with Gasteiger partial charge in [-0.1, -0.05) is 46.3 Å². The number of primary amides is 2. The Hall–Kier alpha value is -4.23. The number of rotatable bonds is 23. The van der Waals surface area contributed by atoms with Gasteiger partial charge < -0.3 is 49.1 Å². The minimum absolute atomic E-state index is 0.135. The van der Waals surface area contributed by atoms with Crippen LogP contribution in [0.3, 0.4) is 0 Å². The number of benzene rings is 1. The van der Waals surface area contributed by atoms with Crippen molar-refractivity contribution in [2.75, 3.05) is 30.4 Å². The highest BCUT2D eigenvalue weighted by atomic mass is 79.9. The molecule has 8 amide bonds. The molecule has 19 heteroatoms. The number of thioether (sulfide) groups is 1. The number of hydrogen-bond donors (Lipinski definition) is 9. The van der Waals surface area contributed by atoms with Gasteiger partial charge in [-0.3, -0.25) is 38.4 Å². The van der Waals surface area contributed by atoms with Crippen LogP contribution in [0.4, 0.5) is 0 Å². The summed E-state index contributed by atoms with van der Waals surface area (Å²) in [5.41, 5.74) is 15.7. The first kappa shape index (κ1) is 42.9. The van der Waals surface area contributed by atoms with Gasteiger partial charge in [0.15, 0.2) is 0 Å². The molecule has 0 bridgehead atoms. The van der Waals surface area contributed by atoms with Crippen LogP contribution in [0, 0.1) is 5.92 Å². The van der Waals surface area contributed by atoms with Crippen LogP contribution in [0.25, 0.3) is 0 Å². The molecule has 1 saturated carbocycles. The highest BCUT2D eigenvalue weighted by Gasteiger charge is 2.61. The second-order valence-electron chi connectivity index (χ2n) is 12.2. The summed E-state index contributed by atoms with van der Waals surface area (Å²) in [5.74, 6) is -5.50. The molecule has 1 aliphatic rings. The summed E-state index contributed by atoms with van der Waals surface area (Å²) in [6, 6.07) is 4.31. The van der Waals surface area contributed by atoms with Crippen LogP contribution in [-0.4, -0.2) is 107 Å². The average Bonchev–Trinajstić information content (AvgIpc) is 3.78. The first-order valence-corrected chi connectivity index (χ1v) is 18.8. The lowest BCUT2D eigenvalue weighted by molar-refractivity contribution is -0.136. The number of hydrogen-bond acceptors (Lipinski definition) is 10. The van der Waals surface area contributed by atoms with E-state index in [9.17, 15) is 38.4 Å². The monoisotopic (exact) mass is 797 g/mol. The SMILES string of the molecule is CSCC1CC1(NC(=O)[C@H](CC(N)=O)NC(=O)CBr)C(=O)N[C@@H](CCCCN)C(=O)N[C@@H](C)C(=O)NCC(=O)N[C@H](Cc1ccccc1)C(N)=O. The maximum atomic E-state index is 13.8. The maximum Gasteiger partial charge on any atom is 0.246 e. The van der Waals surface area contributed by atoms with Gasteiger partial charge in [-0.05, 0) is 56.7 Å². The molecule has 0 radical (unpaired) electrons. The van der Waals surface area contributed by atoms with E-state index >= 15 is 0 Å². The second-order valence-corrected chi connectivity index (χ2v) is 13.7. The molecule has 17 nitrogen and oxygen atoms in total. The third-order valence-electron chi connectivity index (χ3n) is 8.11. The van der Waals surface area contributed by atoms with Crippen molar-refractivity contribution in [3.05, 3.63) is 35.9 Å². The Bertz CT molecular complexity index is 1420. The molecular weight excluding hydrogens is 750 g/mol. The molecule has 1 fully saturated rings. The highest BCUT2D eigenvalue weighted by molar-refractivity contribution is 9.09. The van der Waals surface area contributed by atoms with E-state index in [0.29, 0.717) is 25.1 Å². The van der Waals surface area contributed by atoms with Crippen LogP contribution in [0.5, 0.6) is 0 Å². The fourth-order valence-corrected chi connectivity index (χ4v) is 6.20. The van der Waals surface area contributed by atoms with Crippen LogP contribution in [0.2, 0.25) is 0 Å². The standard InChI is InChI=1S/C32H48BrN9O8S/c1-18(28(47)37-16-26(45)39-22(27(36)46)12-19-8-4-3-5-9-19)38-29(48)21(10-6-7-11-34)41-31(50)32(14-20(32)17-51-2)42-30(49)23(13-24(35)43)40-25(44)15-33/h3-5,8-9,18,20-23H,6-7,10-17,34H2,1-2H3,(H2,35,43)(H2,36,46)(H,37,47)(H,38,48)(H,39,45)(H,40,44)(H,41,50)(H,42,49)/t18-,20?,21-,22+,23-,32?/m0/s1. The topological polar surface area (TPSA) is 287 Å². The quantitative estimate of drug-likeness (QED) is 0.0412. The van der Waals surface area contributed by atoms with Gasteiger partial charge in [0.2, 0.25) is 47.3 Å². The van der Waals surface area contributed by atoms with Gasteiger partial charge >= 0.3 is 0 Å². The molecule has 0 heterocycles. The zero-order valence-electron chi connectivity index (χ0n) is 28.6. The molecule has 12 N–H and O–H groups in total. The van der Waals surface area contributed by atoms with Crippen LogP contribution >= 0.6 is 27.7 Å². The Labute approximate surface area is 309 Å². The lowest BCUT2D eigenvalue weighted by atomic mass is 10.1. The van der Waals surface area contributed by atoms with Gasteiger partial charge in [0.05, 0.1) is 18.3 Å². The van der Waals surface area contributed by atoms with E-state index in [4.69, 9.17) is 17.2 Å². The Morgan fingerprint density at radius 1 is 0.882 bits per heavy atom. The minimum Gasteiger partial charge on any atom is -0.370 e. The average molecular weight is 799 g/mol. The number of nitrogens with two attached hydrogens (primary N) is 3. The maximum absolute atomic E-state index is 13.8. The van der Waals surface area contributed by atoms with Gasteiger partial charge in [-0.2, -0.15) is 11.8 Å². The third-order valence-corrected chi connectivity index (χ3v) is 9.35. The summed E-state index contributed by atoms with van der Waals surface area (Å²) in [4.78, 5) is 101. The fourth-order valence-electron chi connectivity index (χ4n) is 5.24. The van der Waals surface area contributed by atoms with E-state index in [1.54, 1.807) is 30.3 Å². The number of halogens is 1. The molecular formula is C32H48BrN9O8S. The van der Waals surface area contributed by atoms with Crippen molar-refractivity contribution in [3.8, 4) is 0 Å². The lowest BCUT2D eigenvalue weighted by Gasteiger charge is -2.26. The fraction of sp³-hybridized carbons (Fsp3) is 0.562. The van der Waals surface area contributed by atoms with Crippen molar-refractivity contribution in [2.24, 2.45) is 23.1 Å². The Morgan fingerprint density at radius 2 is 1.55 bits per heavy atom. The summed E-state index contributed by atoms with van der Waals surface area (Å²) in [6.45, 7) is 1.23. The molecule has 2 rings (SSSR count). The molecule has 1 aromatic rings. The summed E-state index contributed by atoms with van der Waals surface area (Å²) in [6.07, 6.45) is 2.87. The van der Waals surface area contributed by atoms with Crippen molar-refractivity contribution < 1.29 is 38.4 Å². The number of unbranched alkanes of at least 4 members (excludes halogenated alkanes) is 1. The molecule has 6 atom stereocenters. The molecule has 282 valence electrons. The number of nitrogens with one attached hydrogen (secondary N) is 6. The molecule has 51 heavy (non-hydrogen) atoms. The van der Waals surface area contributed by atoms with Gasteiger partial charge in [0.1, 0.15) is 29.7 Å². The van der Waals surface area contributed by atoms with Gasteiger partial charge in [-0.15, -0.1) is 0 Å². The van der Waals surface area contributed by atoms with E-state index < -0.39 is 89.9 Å². The van der Waals surface area contributed by atoms with Gasteiger partial charge in [0, 0.05) is 12.3 Å². The molecule has 1 aliphatic carbocycles. The predicted octanol–water partition coefficient (Wildman–Crippen LogP) is -2.57. The summed E-state index contributed by atoms with van der Waals surface area (Å²) in [7, 11) is 0. The van der Waals surface area contributed by atoms with Crippen molar-refractivity contribution >= 4 is 74.9 Å². The first-order valence-electron chi connectivity index (χ1n) is 16.3. The van der Waals surface area contributed by atoms with Crippen LogP contribution in [0.1, 0.15) is 44.6 Å². The van der Waals surface area contributed by atoms with E-state index in [1.165, 1.54) is 18.7 Å². The lowest BCUT2D eigenvalue weighted by Crippen LogP contribution is -2.60. The van der Waals surface area contributed by atoms with Crippen LogP contribution in [0.15, 0.2) is 30.3 Å². The van der Waals surface area contributed by atoms with Gasteiger partial charge in [-0.25, -0.2) is 0 Å². The summed E-state index contributed by atoms with van der Waals surface area (Å²) < 4.78 is 0. The Morgan fingerprint density at radius 3 is 2.14 bits per heavy atom. The van der Waals surface area contributed by atoms with E-state index in [1.807, 2.05) is 6.26 Å². The summed E-state index contributed by atoms with van der Waals surface area (Å²) >= 11 is 4.43. The Kier molecular flexibility index (Phi) is 17.9. The largest absolute Gasteiger partial charge is 0.370 e. The van der Waals surface area contributed by atoms with Crippen molar-refractivity contribution in [2.45, 2.75) is 75.2 Å². The smallest absolute Gasteiger partial charge is 0.246 e. The molecule has 1 aromatic carbocycles.